The number of ether oxygens (including phenoxy) is 1. The van der Waals surface area contributed by atoms with Gasteiger partial charge in [-0.15, -0.1) is 12.6 Å². The first-order chi connectivity index (χ1) is 8.69. The van der Waals surface area contributed by atoms with Crippen LogP contribution in [0.25, 0.3) is 0 Å². The molecule has 0 spiro atoms. The largest absolute Gasteiger partial charge is 0.423 e. The molecule has 2 rings (SSSR count). The number of aldehydes is 1. The molecule has 0 saturated heterocycles. The molecule has 0 N–H and O–H groups in total. The van der Waals surface area contributed by atoms with Gasteiger partial charge in [-0.1, -0.05) is 0 Å². The molecule has 2 aromatic rings. The fourth-order valence-electron chi connectivity index (χ4n) is 1.38. The van der Waals surface area contributed by atoms with Crippen molar-refractivity contribution in [3.05, 3.63) is 59.7 Å². The summed E-state index contributed by atoms with van der Waals surface area (Å²) in [5.74, 6) is -0.0391. The molecule has 0 aromatic heterocycles. The number of hydrogen-bond acceptors (Lipinski definition) is 4. The zero-order chi connectivity index (χ0) is 13.0. The van der Waals surface area contributed by atoms with Crippen molar-refractivity contribution in [2.75, 3.05) is 0 Å². The number of benzene rings is 2. The molecular formula is C14H10O3S. The molecule has 0 fully saturated rings. The predicted molar refractivity (Wildman–Crippen MR) is 70.5 cm³/mol. The summed E-state index contributed by atoms with van der Waals surface area (Å²) in [5, 5.41) is 0. The number of carbonyl (C=O) groups excluding carboxylic acids is 2. The standard InChI is InChI=1S/C14H10O3S/c15-9-10-1-5-12(6-2-10)17-14(16)11-3-7-13(18)8-4-11/h1-9,18H. The van der Waals surface area contributed by atoms with E-state index in [-0.39, 0.29) is 0 Å². The maximum Gasteiger partial charge on any atom is 0.343 e. The van der Waals surface area contributed by atoms with E-state index in [1.54, 1.807) is 48.5 Å². The van der Waals surface area contributed by atoms with Crippen LogP contribution in [0.2, 0.25) is 0 Å². The van der Waals surface area contributed by atoms with Crippen LogP contribution in [-0.4, -0.2) is 12.3 Å². The fraction of sp³-hybridized carbons (Fsp3) is 0. The van der Waals surface area contributed by atoms with Gasteiger partial charge >= 0.3 is 5.97 Å². The van der Waals surface area contributed by atoms with Crippen molar-refractivity contribution < 1.29 is 14.3 Å². The van der Waals surface area contributed by atoms with Gasteiger partial charge in [0.1, 0.15) is 12.0 Å². The number of carbonyl (C=O) groups is 2. The van der Waals surface area contributed by atoms with E-state index < -0.39 is 5.97 Å². The molecule has 0 bridgehead atoms. The minimum Gasteiger partial charge on any atom is -0.423 e. The second-order valence-corrected chi connectivity index (χ2v) is 4.14. The van der Waals surface area contributed by atoms with Gasteiger partial charge in [0.25, 0.3) is 0 Å². The molecule has 0 amide bonds. The van der Waals surface area contributed by atoms with Gasteiger partial charge < -0.3 is 4.74 Å². The van der Waals surface area contributed by atoms with Crippen molar-refractivity contribution in [3.8, 4) is 5.75 Å². The molecular weight excluding hydrogens is 248 g/mol. The lowest BCUT2D eigenvalue weighted by Crippen LogP contribution is -2.08. The van der Waals surface area contributed by atoms with Crippen molar-refractivity contribution in [2.24, 2.45) is 0 Å². The lowest BCUT2D eigenvalue weighted by molar-refractivity contribution is 0.0734. The normalized spacial score (nSPS) is 9.83. The highest BCUT2D eigenvalue weighted by atomic mass is 32.1. The van der Waals surface area contributed by atoms with E-state index in [2.05, 4.69) is 12.6 Å². The SMILES string of the molecule is O=Cc1ccc(OC(=O)c2ccc(S)cc2)cc1. The van der Waals surface area contributed by atoms with E-state index in [4.69, 9.17) is 4.74 Å². The van der Waals surface area contributed by atoms with Crippen molar-refractivity contribution in [1.29, 1.82) is 0 Å². The highest BCUT2D eigenvalue weighted by molar-refractivity contribution is 7.80. The lowest BCUT2D eigenvalue weighted by atomic mass is 10.2. The molecule has 0 unspecified atom stereocenters. The molecule has 90 valence electrons. The topological polar surface area (TPSA) is 43.4 Å². The third-order valence-corrected chi connectivity index (χ3v) is 2.63. The minimum atomic E-state index is -0.442. The Bertz CT molecular complexity index is 559. The van der Waals surface area contributed by atoms with Crippen molar-refractivity contribution in [2.45, 2.75) is 4.90 Å². The Kier molecular flexibility index (Phi) is 3.79. The summed E-state index contributed by atoms with van der Waals surface area (Å²) < 4.78 is 5.16. The van der Waals surface area contributed by atoms with Gasteiger partial charge in [0, 0.05) is 10.5 Å². The molecule has 0 heterocycles. The molecule has 0 saturated carbocycles. The minimum absolute atomic E-state index is 0.403. The zero-order valence-electron chi connectivity index (χ0n) is 9.37. The van der Waals surface area contributed by atoms with Gasteiger partial charge in [-0.2, -0.15) is 0 Å². The van der Waals surface area contributed by atoms with Crippen LogP contribution in [0.1, 0.15) is 20.7 Å². The third kappa shape index (κ3) is 2.99. The van der Waals surface area contributed by atoms with E-state index >= 15 is 0 Å². The first-order valence-electron chi connectivity index (χ1n) is 5.25. The van der Waals surface area contributed by atoms with Crippen LogP contribution in [0, 0.1) is 0 Å². The van der Waals surface area contributed by atoms with Crippen LogP contribution >= 0.6 is 12.6 Å². The maximum atomic E-state index is 11.8. The van der Waals surface area contributed by atoms with E-state index in [0.717, 1.165) is 11.2 Å². The first-order valence-corrected chi connectivity index (χ1v) is 5.70. The van der Waals surface area contributed by atoms with Gasteiger partial charge in [-0.05, 0) is 48.5 Å². The van der Waals surface area contributed by atoms with Crippen LogP contribution in [0.5, 0.6) is 5.75 Å². The first kappa shape index (κ1) is 12.4. The summed E-state index contributed by atoms with van der Waals surface area (Å²) in [6, 6.07) is 13.1. The molecule has 3 nitrogen and oxygen atoms in total. The van der Waals surface area contributed by atoms with Gasteiger partial charge in [0.2, 0.25) is 0 Å². The maximum absolute atomic E-state index is 11.8. The van der Waals surface area contributed by atoms with Crippen molar-refractivity contribution >= 4 is 24.9 Å². The zero-order valence-corrected chi connectivity index (χ0v) is 10.3. The molecule has 0 aliphatic heterocycles. The Balaban J connectivity index is 2.10. The van der Waals surface area contributed by atoms with E-state index in [9.17, 15) is 9.59 Å². The van der Waals surface area contributed by atoms with Gasteiger partial charge in [0.15, 0.2) is 0 Å². The molecule has 2 aromatic carbocycles. The average Bonchev–Trinajstić information content (AvgIpc) is 2.40. The summed E-state index contributed by atoms with van der Waals surface area (Å²) in [6.45, 7) is 0. The smallest absolute Gasteiger partial charge is 0.343 e. The number of esters is 1. The molecule has 0 aliphatic carbocycles. The lowest BCUT2D eigenvalue weighted by Gasteiger charge is -2.04. The highest BCUT2D eigenvalue weighted by Gasteiger charge is 2.07. The molecule has 18 heavy (non-hydrogen) atoms. The monoisotopic (exact) mass is 258 g/mol. The van der Waals surface area contributed by atoms with Crippen molar-refractivity contribution in [3.63, 3.8) is 0 Å². The second-order valence-electron chi connectivity index (χ2n) is 3.62. The second kappa shape index (κ2) is 5.51. The quantitative estimate of drug-likeness (QED) is 0.398. The summed E-state index contributed by atoms with van der Waals surface area (Å²) in [5.41, 5.74) is 0.987. The molecule has 0 radical (unpaired) electrons. The van der Waals surface area contributed by atoms with Crippen LogP contribution in [0.3, 0.4) is 0 Å². The molecule has 0 atom stereocenters. The predicted octanol–water partition coefficient (Wildman–Crippen LogP) is 3.01. The van der Waals surface area contributed by atoms with Crippen LogP contribution in [0.15, 0.2) is 53.4 Å². The van der Waals surface area contributed by atoms with Gasteiger partial charge in [0.05, 0.1) is 5.56 Å². The Hall–Kier alpha value is -2.07. The third-order valence-electron chi connectivity index (χ3n) is 2.33. The number of rotatable bonds is 3. The summed E-state index contributed by atoms with van der Waals surface area (Å²) in [6.07, 6.45) is 0.733. The Morgan fingerprint density at radius 2 is 1.61 bits per heavy atom. The molecule has 4 heteroatoms. The highest BCUT2D eigenvalue weighted by Crippen LogP contribution is 2.14. The average molecular weight is 258 g/mol. The summed E-state index contributed by atoms with van der Waals surface area (Å²) in [4.78, 5) is 23.0. The summed E-state index contributed by atoms with van der Waals surface area (Å²) >= 11 is 4.14. The number of hydrogen-bond donors (Lipinski definition) is 1. The Morgan fingerprint density at radius 3 is 2.17 bits per heavy atom. The Morgan fingerprint density at radius 1 is 1.00 bits per heavy atom. The summed E-state index contributed by atoms with van der Waals surface area (Å²) in [7, 11) is 0. The van der Waals surface area contributed by atoms with Gasteiger partial charge in [-0.25, -0.2) is 4.79 Å². The van der Waals surface area contributed by atoms with E-state index in [0.29, 0.717) is 16.9 Å². The fourth-order valence-corrected chi connectivity index (χ4v) is 1.53. The molecule has 0 aliphatic rings. The Labute approximate surface area is 110 Å². The van der Waals surface area contributed by atoms with Crippen LogP contribution in [0.4, 0.5) is 0 Å². The van der Waals surface area contributed by atoms with E-state index in [1.807, 2.05) is 0 Å². The number of thiol groups is 1. The van der Waals surface area contributed by atoms with Crippen LogP contribution < -0.4 is 4.74 Å². The van der Waals surface area contributed by atoms with Crippen LogP contribution in [-0.2, 0) is 0 Å². The van der Waals surface area contributed by atoms with E-state index in [1.165, 1.54) is 0 Å². The van der Waals surface area contributed by atoms with Crippen molar-refractivity contribution in [1.82, 2.24) is 0 Å². The van der Waals surface area contributed by atoms with Gasteiger partial charge in [-0.3, -0.25) is 4.79 Å².